The topological polar surface area (TPSA) is 12.0 Å². The van der Waals surface area contributed by atoms with Gasteiger partial charge in [0, 0.05) is 17.2 Å². The highest BCUT2D eigenvalue weighted by Gasteiger charge is 2.15. The molecule has 0 amide bonds. The molecule has 1 saturated carbocycles. The van der Waals surface area contributed by atoms with E-state index in [4.69, 9.17) is 0 Å². The number of hydrogen-bond acceptors (Lipinski definition) is 2. The lowest BCUT2D eigenvalue weighted by molar-refractivity contribution is 0.594. The summed E-state index contributed by atoms with van der Waals surface area (Å²) in [5.74, 6) is 1.81. The van der Waals surface area contributed by atoms with Crippen molar-refractivity contribution in [2.24, 2.45) is 5.92 Å². The summed E-state index contributed by atoms with van der Waals surface area (Å²) in [6.45, 7) is 0.727. The van der Waals surface area contributed by atoms with Crippen molar-refractivity contribution in [1.29, 1.82) is 0 Å². The highest BCUT2D eigenvalue weighted by molar-refractivity contribution is 7.99. The van der Waals surface area contributed by atoms with E-state index in [0.29, 0.717) is 0 Å². The van der Waals surface area contributed by atoms with Crippen molar-refractivity contribution in [1.82, 2.24) is 5.32 Å². The minimum atomic E-state index is -0.0688. The van der Waals surface area contributed by atoms with E-state index in [2.05, 4.69) is 5.32 Å². The molecule has 1 aliphatic rings. The van der Waals surface area contributed by atoms with Gasteiger partial charge in [0.15, 0.2) is 0 Å². The van der Waals surface area contributed by atoms with Crippen LogP contribution in [0.3, 0.4) is 0 Å². The van der Waals surface area contributed by atoms with Crippen molar-refractivity contribution in [3.8, 4) is 0 Å². The second kappa shape index (κ2) is 6.41. The number of benzene rings is 1. The van der Waals surface area contributed by atoms with E-state index < -0.39 is 0 Å². The van der Waals surface area contributed by atoms with Gasteiger partial charge in [-0.25, -0.2) is 4.39 Å². The summed E-state index contributed by atoms with van der Waals surface area (Å²) >= 11 is 1.68. The summed E-state index contributed by atoms with van der Waals surface area (Å²) < 4.78 is 13.8. The number of hydrogen-bond donors (Lipinski definition) is 1. The molecule has 3 heteroatoms. The Bertz CT molecular complexity index is 361. The molecule has 0 aliphatic heterocycles. The molecule has 94 valence electrons. The number of rotatable bonds is 5. The molecule has 0 saturated heterocycles. The van der Waals surface area contributed by atoms with E-state index in [1.54, 1.807) is 17.8 Å². The van der Waals surface area contributed by atoms with Crippen LogP contribution in [0.1, 0.15) is 31.2 Å². The number of nitrogens with one attached hydrogen (secondary N) is 1. The zero-order chi connectivity index (χ0) is 12.1. The van der Waals surface area contributed by atoms with Crippen molar-refractivity contribution in [2.75, 3.05) is 12.8 Å². The zero-order valence-corrected chi connectivity index (χ0v) is 11.2. The van der Waals surface area contributed by atoms with Crippen LogP contribution in [0.4, 0.5) is 4.39 Å². The quantitative estimate of drug-likeness (QED) is 0.800. The molecule has 0 heterocycles. The minimum Gasteiger partial charge on any atom is -0.316 e. The third kappa shape index (κ3) is 3.71. The normalized spacial score (nSPS) is 16.6. The lowest BCUT2D eigenvalue weighted by Crippen LogP contribution is -2.05. The summed E-state index contributed by atoms with van der Waals surface area (Å²) in [4.78, 5) is 0.803. The van der Waals surface area contributed by atoms with Gasteiger partial charge in [-0.05, 0) is 43.5 Å². The molecular weight excluding hydrogens is 233 g/mol. The van der Waals surface area contributed by atoms with E-state index in [0.717, 1.165) is 28.7 Å². The summed E-state index contributed by atoms with van der Waals surface area (Å²) in [5.41, 5.74) is 1.01. The molecule has 17 heavy (non-hydrogen) atoms. The van der Waals surface area contributed by atoms with Crippen molar-refractivity contribution in [3.63, 3.8) is 0 Å². The Labute approximate surface area is 107 Å². The van der Waals surface area contributed by atoms with Crippen LogP contribution >= 0.6 is 11.8 Å². The van der Waals surface area contributed by atoms with Gasteiger partial charge in [-0.1, -0.05) is 18.9 Å². The third-order valence-electron chi connectivity index (χ3n) is 3.33. The molecule has 1 fully saturated rings. The third-order valence-corrected chi connectivity index (χ3v) is 4.61. The predicted molar refractivity (Wildman–Crippen MR) is 71.8 cm³/mol. The van der Waals surface area contributed by atoms with E-state index in [-0.39, 0.29) is 5.82 Å². The van der Waals surface area contributed by atoms with Gasteiger partial charge in [-0.3, -0.25) is 0 Å². The summed E-state index contributed by atoms with van der Waals surface area (Å²) in [5, 5.41) is 3.03. The van der Waals surface area contributed by atoms with Crippen LogP contribution in [0.15, 0.2) is 23.1 Å². The lowest BCUT2D eigenvalue weighted by atomic mass is 10.1. The molecule has 1 N–H and O–H groups in total. The molecule has 0 aromatic heterocycles. The summed E-state index contributed by atoms with van der Waals surface area (Å²) in [6.07, 6.45) is 5.36. The fourth-order valence-electron chi connectivity index (χ4n) is 2.36. The molecule has 0 bridgehead atoms. The Morgan fingerprint density at radius 1 is 1.35 bits per heavy atom. The average Bonchev–Trinajstić information content (AvgIpc) is 2.81. The predicted octanol–water partition coefficient (Wildman–Crippen LogP) is 3.83. The van der Waals surface area contributed by atoms with Crippen LogP contribution in [0.5, 0.6) is 0 Å². The van der Waals surface area contributed by atoms with E-state index in [9.17, 15) is 4.39 Å². The Hall–Kier alpha value is -0.540. The van der Waals surface area contributed by atoms with Crippen LogP contribution in [-0.4, -0.2) is 12.8 Å². The first-order valence-corrected chi connectivity index (χ1v) is 7.34. The van der Waals surface area contributed by atoms with E-state index in [1.807, 2.05) is 19.2 Å². The standard InChI is InChI=1S/C14H20FNS/c1-16-9-12-6-7-14(13(15)8-12)17-10-11-4-2-3-5-11/h6-8,11,16H,2-5,9-10H2,1H3. The maximum atomic E-state index is 13.8. The highest BCUT2D eigenvalue weighted by atomic mass is 32.2. The van der Waals surface area contributed by atoms with E-state index in [1.165, 1.54) is 25.7 Å². The van der Waals surface area contributed by atoms with Gasteiger partial charge in [0.1, 0.15) is 5.82 Å². The fraction of sp³-hybridized carbons (Fsp3) is 0.571. The molecule has 0 spiro atoms. The van der Waals surface area contributed by atoms with Crippen LogP contribution in [-0.2, 0) is 6.54 Å². The molecule has 1 aliphatic carbocycles. The van der Waals surface area contributed by atoms with Gasteiger partial charge in [0.05, 0.1) is 0 Å². The smallest absolute Gasteiger partial charge is 0.137 e. The molecule has 1 nitrogen and oxygen atoms in total. The van der Waals surface area contributed by atoms with Gasteiger partial charge < -0.3 is 5.32 Å². The van der Waals surface area contributed by atoms with Crippen molar-refractivity contribution < 1.29 is 4.39 Å². The van der Waals surface area contributed by atoms with Gasteiger partial charge in [0.2, 0.25) is 0 Å². The largest absolute Gasteiger partial charge is 0.316 e. The van der Waals surface area contributed by atoms with Crippen LogP contribution < -0.4 is 5.32 Å². The average molecular weight is 253 g/mol. The first kappa shape index (κ1) is 12.9. The van der Waals surface area contributed by atoms with Crippen LogP contribution in [0, 0.1) is 11.7 Å². The highest BCUT2D eigenvalue weighted by Crippen LogP contribution is 2.32. The molecule has 2 rings (SSSR count). The van der Waals surface area contributed by atoms with Crippen molar-refractivity contribution >= 4 is 11.8 Å². The van der Waals surface area contributed by atoms with Gasteiger partial charge in [-0.2, -0.15) is 0 Å². The van der Waals surface area contributed by atoms with Crippen LogP contribution in [0.2, 0.25) is 0 Å². The van der Waals surface area contributed by atoms with Gasteiger partial charge in [-0.15, -0.1) is 11.8 Å². The lowest BCUT2D eigenvalue weighted by Gasteiger charge is -2.09. The maximum Gasteiger partial charge on any atom is 0.137 e. The molecule has 0 unspecified atom stereocenters. The summed E-state index contributed by atoms with van der Waals surface area (Å²) in [6, 6.07) is 5.58. The summed E-state index contributed by atoms with van der Waals surface area (Å²) in [7, 11) is 1.88. The minimum absolute atomic E-state index is 0.0688. The first-order valence-electron chi connectivity index (χ1n) is 6.35. The van der Waals surface area contributed by atoms with Crippen LogP contribution in [0.25, 0.3) is 0 Å². The second-order valence-electron chi connectivity index (χ2n) is 4.76. The second-order valence-corrected chi connectivity index (χ2v) is 5.82. The Kier molecular flexibility index (Phi) is 4.86. The Balaban J connectivity index is 1.91. The van der Waals surface area contributed by atoms with E-state index >= 15 is 0 Å². The van der Waals surface area contributed by atoms with Crippen molar-refractivity contribution in [2.45, 2.75) is 37.1 Å². The zero-order valence-electron chi connectivity index (χ0n) is 10.3. The van der Waals surface area contributed by atoms with Gasteiger partial charge >= 0.3 is 0 Å². The maximum absolute atomic E-state index is 13.8. The fourth-order valence-corrected chi connectivity index (χ4v) is 3.47. The first-order chi connectivity index (χ1) is 8.29. The number of thioether (sulfide) groups is 1. The molecule has 0 atom stereocenters. The molecular formula is C14H20FNS. The van der Waals surface area contributed by atoms with Gasteiger partial charge in [0.25, 0.3) is 0 Å². The van der Waals surface area contributed by atoms with Crippen molar-refractivity contribution in [3.05, 3.63) is 29.6 Å². The molecule has 1 aromatic rings. The Morgan fingerprint density at radius 2 is 2.12 bits per heavy atom. The molecule has 1 aromatic carbocycles. The molecule has 0 radical (unpaired) electrons. The number of halogens is 1. The SMILES string of the molecule is CNCc1ccc(SCC2CCCC2)c(F)c1. The Morgan fingerprint density at radius 3 is 2.76 bits per heavy atom. The monoisotopic (exact) mass is 253 g/mol.